The minimum Gasteiger partial charge on any atom is -0.509 e. The summed E-state index contributed by atoms with van der Waals surface area (Å²) in [6, 6.07) is 9.79. The van der Waals surface area contributed by atoms with E-state index in [-0.39, 0.29) is 39.9 Å². The van der Waals surface area contributed by atoms with Crippen molar-refractivity contribution >= 4 is 33.2 Å². The monoisotopic (exact) mass is 476 g/mol. The average Bonchev–Trinajstić information content (AvgIpc) is 3.13. The van der Waals surface area contributed by atoms with Crippen LogP contribution in [0.15, 0.2) is 63.1 Å². The zero-order valence-corrected chi connectivity index (χ0v) is 19.3. The number of halogens is 2. The van der Waals surface area contributed by atoms with Crippen LogP contribution in [0.2, 0.25) is 0 Å². The third-order valence-corrected chi connectivity index (χ3v) is 7.30. The number of sulfonamides is 1. The van der Waals surface area contributed by atoms with Crippen molar-refractivity contribution in [2.75, 3.05) is 0 Å². The maximum absolute atomic E-state index is 13.5. The molecule has 2 heterocycles. The van der Waals surface area contributed by atoms with Gasteiger partial charge >= 0.3 is 0 Å². The SMILES string of the molecule is CC(C)(C)[C@H]1C(O)=C(C2=NS(=O)(=O)c3c(CCl)cccc32)C(=O)N1Cc1ccc(F)cc1. The molecular formula is C23H22ClFN2O4S. The predicted octanol–water partition coefficient (Wildman–Crippen LogP) is 4.33. The summed E-state index contributed by atoms with van der Waals surface area (Å²) in [5, 5.41) is 11.2. The number of rotatable bonds is 4. The minimum atomic E-state index is -4.07. The van der Waals surface area contributed by atoms with Crippen molar-refractivity contribution in [3.63, 3.8) is 0 Å². The smallest absolute Gasteiger partial charge is 0.283 e. The van der Waals surface area contributed by atoms with E-state index < -0.39 is 33.2 Å². The molecule has 6 nitrogen and oxygen atoms in total. The third kappa shape index (κ3) is 3.61. The van der Waals surface area contributed by atoms with Gasteiger partial charge in [0.05, 0.1) is 6.04 Å². The lowest BCUT2D eigenvalue weighted by Crippen LogP contribution is -2.43. The topological polar surface area (TPSA) is 87.0 Å². The maximum Gasteiger partial charge on any atom is 0.283 e. The van der Waals surface area contributed by atoms with Gasteiger partial charge in [0.25, 0.3) is 15.9 Å². The number of carbonyl (C=O) groups excluding carboxylic acids is 1. The molecule has 0 unspecified atom stereocenters. The number of alkyl halides is 1. The fraction of sp³-hybridized carbons (Fsp3) is 0.304. The first-order valence-electron chi connectivity index (χ1n) is 9.98. The van der Waals surface area contributed by atoms with Crippen LogP contribution >= 0.6 is 11.6 Å². The average molecular weight is 477 g/mol. The molecule has 168 valence electrons. The van der Waals surface area contributed by atoms with Crippen LogP contribution in [0.5, 0.6) is 0 Å². The molecule has 0 fully saturated rings. The van der Waals surface area contributed by atoms with E-state index >= 15 is 0 Å². The number of nitrogens with zero attached hydrogens (tertiary/aromatic N) is 2. The highest BCUT2D eigenvalue weighted by atomic mass is 35.5. The zero-order valence-electron chi connectivity index (χ0n) is 17.8. The summed E-state index contributed by atoms with van der Waals surface area (Å²) in [4.78, 5) is 15.0. The number of aliphatic hydroxyl groups excluding tert-OH is 1. The lowest BCUT2D eigenvalue weighted by atomic mass is 9.84. The highest BCUT2D eigenvalue weighted by molar-refractivity contribution is 7.90. The van der Waals surface area contributed by atoms with Crippen molar-refractivity contribution in [1.82, 2.24) is 4.90 Å². The molecule has 4 rings (SSSR count). The Morgan fingerprint density at radius 1 is 1.16 bits per heavy atom. The summed E-state index contributed by atoms with van der Waals surface area (Å²) < 4.78 is 42.8. The summed E-state index contributed by atoms with van der Waals surface area (Å²) in [6.07, 6.45) is 0. The number of amides is 1. The Morgan fingerprint density at radius 3 is 2.41 bits per heavy atom. The molecule has 0 bridgehead atoms. The zero-order chi connectivity index (χ0) is 23.4. The Hall–Kier alpha value is -2.71. The lowest BCUT2D eigenvalue weighted by molar-refractivity contribution is -0.129. The van der Waals surface area contributed by atoms with Gasteiger partial charge in [-0.05, 0) is 28.7 Å². The Labute approximate surface area is 191 Å². The maximum atomic E-state index is 13.5. The van der Waals surface area contributed by atoms with Crippen LogP contribution in [0.3, 0.4) is 0 Å². The molecule has 2 aromatic rings. The molecule has 0 saturated carbocycles. The van der Waals surface area contributed by atoms with Gasteiger partial charge in [0.2, 0.25) is 0 Å². The van der Waals surface area contributed by atoms with Crippen LogP contribution in [-0.4, -0.2) is 36.1 Å². The number of benzene rings is 2. The van der Waals surface area contributed by atoms with Crippen LogP contribution < -0.4 is 0 Å². The van der Waals surface area contributed by atoms with Crippen molar-refractivity contribution < 1.29 is 22.7 Å². The van der Waals surface area contributed by atoms with Gasteiger partial charge in [-0.1, -0.05) is 51.1 Å². The summed E-state index contributed by atoms with van der Waals surface area (Å²) in [5.74, 6) is -1.20. The van der Waals surface area contributed by atoms with Crippen LogP contribution in [0.25, 0.3) is 0 Å². The summed E-state index contributed by atoms with van der Waals surface area (Å²) >= 11 is 5.93. The molecule has 2 aromatic carbocycles. The molecule has 1 atom stereocenters. The first-order valence-corrected chi connectivity index (χ1v) is 12.0. The van der Waals surface area contributed by atoms with Crippen LogP contribution in [-0.2, 0) is 27.2 Å². The molecule has 1 N–H and O–H groups in total. The quantitative estimate of drug-likeness (QED) is 0.665. The number of hydrogen-bond donors (Lipinski definition) is 1. The highest BCUT2D eigenvalue weighted by Crippen LogP contribution is 2.41. The molecule has 0 radical (unpaired) electrons. The second-order valence-electron chi connectivity index (χ2n) is 8.93. The number of hydrogen-bond acceptors (Lipinski definition) is 4. The Morgan fingerprint density at radius 2 is 1.81 bits per heavy atom. The first-order chi connectivity index (χ1) is 15.0. The van der Waals surface area contributed by atoms with Gasteiger partial charge in [-0.2, -0.15) is 12.8 Å². The van der Waals surface area contributed by atoms with Gasteiger partial charge in [-0.3, -0.25) is 4.79 Å². The Kier molecular flexibility index (Phi) is 5.41. The van der Waals surface area contributed by atoms with Gasteiger partial charge in [0.1, 0.15) is 27.8 Å². The van der Waals surface area contributed by atoms with E-state index in [1.54, 1.807) is 30.3 Å². The fourth-order valence-corrected chi connectivity index (χ4v) is 6.02. The van der Waals surface area contributed by atoms with Gasteiger partial charge in [0.15, 0.2) is 0 Å². The minimum absolute atomic E-state index is 0.0362. The predicted molar refractivity (Wildman–Crippen MR) is 120 cm³/mol. The summed E-state index contributed by atoms with van der Waals surface area (Å²) in [7, 11) is -4.07. The van der Waals surface area contributed by atoms with Gasteiger partial charge < -0.3 is 10.0 Å². The van der Waals surface area contributed by atoms with E-state index in [1.807, 2.05) is 20.8 Å². The van der Waals surface area contributed by atoms with E-state index in [1.165, 1.54) is 17.0 Å². The van der Waals surface area contributed by atoms with Crippen LogP contribution in [0.4, 0.5) is 4.39 Å². The molecular weight excluding hydrogens is 455 g/mol. The normalized spacial score (nSPS) is 20.0. The van der Waals surface area contributed by atoms with Crippen LogP contribution in [0.1, 0.15) is 37.5 Å². The molecule has 9 heteroatoms. The van der Waals surface area contributed by atoms with Gasteiger partial charge in [0, 0.05) is 18.0 Å². The molecule has 2 aliphatic rings. The molecule has 0 saturated heterocycles. The number of carbonyl (C=O) groups is 1. The van der Waals surface area contributed by atoms with Crippen molar-refractivity contribution in [2.45, 2.75) is 44.1 Å². The highest BCUT2D eigenvalue weighted by Gasteiger charge is 2.49. The largest absolute Gasteiger partial charge is 0.509 e. The van der Waals surface area contributed by atoms with E-state index in [9.17, 15) is 22.7 Å². The molecule has 0 aromatic heterocycles. The fourth-order valence-electron chi connectivity index (χ4n) is 4.28. The molecule has 1 amide bonds. The van der Waals surface area contributed by atoms with Crippen molar-refractivity contribution in [3.05, 3.63) is 76.3 Å². The second-order valence-corrected chi connectivity index (χ2v) is 10.7. The van der Waals surface area contributed by atoms with E-state index in [0.29, 0.717) is 11.1 Å². The van der Waals surface area contributed by atoms with Crippen molar-refractivity contribution in [3.8, 4) is 0 Å². The Bertz CT molecular complexity index is 1280. The van der Waals surface area contributed by atoms with E-state index in [2.05, 4.69) is 4.40 Å². The summed E-state index contributed by atoms with van der Waals surface area (Å²) in [6.45, 7) is 5.72. The first kappa shape index (κ1) is 22.5. The lowest BCUT2D eigenvalue weighted by Gasteiger charge is -2.35. The standard InChI is InChI=1S/C23H22ClFN2O4S/c1-23(2,3)21-19(28)17(22(29)27(21)12-13-7-9-15(25)10-8-13)18-16-6-4-5-14(11-24)20(16)32(30,31)26-18/h4-10,21,28H,11-12H2,1-3H3/t21-/m1/s1. The van der Waals surface area contributed by atoms with E-state index in [0.717, 1.165) is 0 Å². The van der Waals surface area contributed by atoms with Crippen molar-refractivity contribution in [2.24, 2.45) is 9.81 Å². The van der Waals surface area contributed by atoms with Gasteiger partial charge in [-0.15, -0.1) is 11.6 Å². The van der Waals surface area contributed by atoms with Crippen molar-refractivity contribution in [1.29, 1.82) is 0 Å². The molecule has 0 spiro atoms. The second kappa shape index (κ2) is 7.71. The molecule has 32 heavy (non-hydrogen) atoms. The van der Waals surface area contributed by atoms with Gasteiger partial charge in [-0.25, -0.2) is 4.39 Å². The third-order valence-electron chi connectivity index (χ3n) is 5.59. The Balaban J connectivity index is 1.84. The summed E-state index contributed by atoms with van der Waals surface area (Å²) in [5.41, 5.74) is 0.513. The van der Waals surface area contributed by atoms with Crippen LogP contribution in [0, 0.1) is 11.2 Å². The molecule has 2 aliphatic heterocycles. The number of aliphatic hydroxyl groups is 1. The number of fused-ring (bicyclic) bond motifs is 1. The van der Waals surface area contributed by atoms with E-state index in [4.69, 9.17) is 11.6 Å². The molecule has 0 aliphatic carbocycles.